The number of hydrogen-bond acceptors (Lipinski definition) is 4. The third-order valence-corrected chi connectivity index (χ3v) is 3.69. The summed E-state index contributed by atoms with van der Waals surface area (Å²) in [6, 6.07) is 6.38. The van der Waals surface area contributed by atoms with E-state index in [1.165, 1.54) is 5.56 Å². The number of likely N-dealkylation sites (tertiary alicyclic amines) is 1. The van der Waals surface area contributed by atoms with Crippen molar-refractivity contribution in [1.82, 2.24) is 4.90 Å². The first-order valence-corrected chi connectivity index (χ1v) is 7.32. The highest BCUT2D eigenvalue weighted by Crippen LogP contribution is 2.30. The summed E-state index contributed by atoms with van der Waals surface area (Å²) in [6.45, 7) is 6.15. The fraction of sp³-hybridized carbons (Fsp3) is 0.625. The third-order valence-electron chi connectivity index (χ3n) is 3.69. The lowest BCUT2D eigenvalue weighted by molar-refractivity contribution is 0.153. The Morgan fingerprint density at radius 1 is 1.35 bits per heavy atom. The average molecular weight is 279 g/mol. The molecule has 112 valence electrons. The van der Waals surface area contributed by atoms with Crippen LogP contribution in [0.15, 0.2) is 18.2 Å². The second-order valence-corrected chi connectivity index (χ2v) is 5.60. The predicted molar refractivity (Wildman–Crippen MR) is 79.3 cm³/mol. The molecule has 0 aromatic heterocycles. The monoisotopic (exact) mass is 279 g/mol. The minimum atomic E-state index is 0.132. The number of benzene rings is 1. The largest absolute Gasteiger partial charge is 0.493 e. The van der Waals surface area contributed by atoms with Crippen molar-refractivity contribution in [3.63, 3.8) is 0 Å². The van der Waals surface area contributed by atoms with Crippen molar-refractivity contribution in [1.29, 1.82) is 0 Å². The molecule has 2 rings (SSSR count). The molecule has 1 fully saturated rings. The van der Waals surface area contributed by atoms with Crippen molar-refractivity contribution < 1.29 is 14.6 Å². The lowest BCUT2D eigenvalue weighted by atomic mass is 10.1. The topological polar surface area (TPSA) is 41.9 Å². The number of nitrogens with zero attached hydrogens (tertiary/aromatic N) is 1. The molecule has 4 heteroatoms. The summed E-state index contributed by atoms with van der Waals surface area (Å²) in [6.07, 6.45) is 2.38. The van der Waals surface area contributed by atoms with Crippen molar-refractivity contribution in [3.05, 3.63) is 23.8 Å². The Bertz CT molecular complexity index is 434. The molecule has 1 aromatic carbocycles. The van der Waals surface area contributed by atoms with E-state index in [4.69, 9.17) is 9.47 Å². The number of methoxy groups -OCH3 is 1. The highest BCUT2D eigenvalue weighted by Gasteiger charge is 2.23. The fourth-order valence-corrected chi connectivity index (χ4v) is 2.71. The number of aliphatic hydroxyl groups excluding tert-OH is 1. The van der Waals surface area contributed by atoms with Crippen LogP contribution in [-0.4, -0.2) is 42.4 Å². The number of ether oxygens (including phenoxy) is 2. The van der Waals surface area contributed by atoms with Crippen LogP contribution in [0.1, 0.15) is 32.3 Å². The van der Waals surface area contributed by atoms with E-state index in [0.29, 0.717) is 6.04 Å². The second kappa shape index (κ2) is 6.95. The SMILES string of the molecule is COc1cc(CN2CCCC2CO)ccc1OC(C)C. The Balaban J connectivity index is 2.09. The van der Waals surface area contributed by atoms with Gasteiger partial charge in [-0.15, -0.1) is 0 Å². The average Bonchev–Trinajstić information content (AvgIpc) is 2.87. The lowest BCUT2D eigenvalue weighted by Crippen LogP contribution is -2.31. The third kappa shape index (κ3) is 3.64. The first-order chi connectivity index (χ1) is 9.63. The zero-order valence-corrected chi connectivity index (χ0v) is 12.6. The van der Waals surface area contributed by atoms with Crippen LogP contribution in [0.4, 0.5) is 0 Å². The van der Waals surface area contributed by atoms with Gasteiger partial charge in [0.25, 0.3) is 0 Å². The molecule has 0 radical (unpaired) electrons. The predicted octanol–water partition coefficient (Wildman–Crippen LogP) is 2.44. The summed E-state index contributed by atoms with van der Waals surface area (Å²) in [7, 11) is 1.67. The summed E-state index contributed by atoms with van der Waals surface area (Å²) in [5.41, 5.74) is 1.19. The van der Waals surface area contributed by atoms with E-state index < -0.39 is 0 Å². The van der Waals surface area contributed by atoms with Gasteiger partial charge in [-0.3, -0.25) is 4.90 Å². The first kappa shape index (κ1) is 15.1. The van der Waals surface area contributed by atoms with E-state index in [2.05, 4.69) is 11.0 Å². The van der Waals surface area contributed by atoms with Crippen LogP contribution in [0.5, 0.6) is 11.5 Å². The Morgan fingerprint density at radius 2 is 2.15 bits per heavy atom. The molecule has 4 nitrogen and oxygen atoms in total. The van der Waals surface area contributed by atoms with Crippen LogP contribution < -0.4 is 9.47 Å². The van der Waals surface area contributed by atoms with Gasteiger partial charge in [-0.1, -0.05) is 6.07 Å². The summed E-state index contributed by atoms with van der Waals surface area (Å²) in [4.78, 5) is 2.33. The van der Waals surface area contributed by atoms with E-state index in [9.17, 15) is 5.11 Å². The van der Waals surface area contributed by atoms with Gasteiger partial charge in [0.2, 0.25) is 0 Å². The molecule has 0 bridgehead atoms. The smallest absolute Gasteiger partial charge is 0.161 e. The van der Waals surface area contributed by atoms with Crippen LogP contribution >= 0.6 is 0 Å². The molecular formula is C16H25NO3. The Hall–Kier alpha value is -1.26. The van der Waals surface area contributed by atoms with Crippen molar-refractivity contribution >= 4 is 0 Å². The van der Waals surface area contributed by atoms with Crippen LogP contribution in [0.3, 0.4) is 0 Å². The molecular weight excluding hydrogens is 254 g/mol. The molecule has 1 aliphatic rings. The summed E-state index contributed by atoms with van der Waals surface area (Å²) in [5, 5.41) is 9.37. The fourth-order valence-electron chi connectivity index (χ4n) is 2.71. The maximum atomic E-state index is 9.37. The minimum absolute atomic E-state index is 0.132. The van der Waals surface area contributed by atoms with Gasteiger partial charge < -0.3 is 14.6 Å². The standard InChI is InChI=1S/C16H25NO3/c1-12(2)20-15-7-6-13(9-16(15)19-3)10-17-8-4-5-14(17)11-18/h6-7,9,12,14,18H,4-5,8,10-11H2,1-3H3. The molecule has 1 unspecified atom stereocenters. The quantitative estimate of drug-likeness (QED) is 0.868. The molecule has 1 aromatic rings. The van der Waals surface area contributed by atoms with Crippen molar-refractivity contribution in [2.45, 2.75) is 45.4 Å². The molecule has 1 atom stereocenters. The van der Waals surface area contributed by atoms with Gasteiger partial charge in [-0.25, -0.2) is 0 Å². The summed E-state index contributed by atoms with van der Waals surface area (Å²) in [5.74, 6) is 1.56. The van der Waals surface area contributed by atoms with Gasteiger partial charge in [-0.05, 0) is 50.9 Å². The van der Waals surface area contributed by atoms with E-state index >= 15 is 0 Å². The van der Waals surface area contributed by atoms with Gasteiger partial charge in [0, 0.05) is 12.6 Å². The van der Waals surface area contributed by atoms with Crippen LogP contribution in [-0.2, 0) is 6.54 Å². The second-order valence-electron chi connectivity index (χ2n) is 5.60. The molecule has 1 saturated heterocycles. The van der Waals surface area contributed by atoms with Crippen molar-refractivity contribution in [3.8, 4) is 11.5 Å². The molecule has 1 heterocycles. The maximum absolute atomic E-state index is 9.37. The normalized spacial score (nSPS) is 19.6. The summed E-state index contributed by atoms with van der Waals surface area (Å²) >= 11 is 0. The molecule has 1 N–H and O–H groups in total. The van der Waals surface area contributed by atoms with Gasteiger partial charge in [0.1, 0.15) is 0 Å². The molecule has 0 amide bonds. The first-order valence-electron chi connectivity index (χ1n) is 7.32. The van der Waals surface area contributed by atoms with Crippen LogP contribution in [0.2, 0.25) is 0 Å². The zero-order valence-electron chi connectivity index (χ0n) is 12.6. The molecule has 0 saturated carbocycles. The molecule has 1 aliphatic heterocycles. The van der Waals surface area contributed by atoms with Gasteiger partial charge in [0.05, 0.1) is 19.8 Å². The zero-order chi connectivity index (χ0) is 14.5. The molecule has 0 aliphatic carbocycles. The molecule has 0 spiro atoms. The van der Waals surface area contributed by atoms with E-state index in [1.54, 1.807) is 7.11 Å². The van der Waals surface area contributed by atoms with Crippen molar-refractivity contribution in [2.75, 3.05) is 20.3 Å². The highest BCUT2D eigenvalue weighted by molar-refractivity contribution is 5.43. The van der Waals surface area contributed by atoms with Crippen LogP contribution in [0, 0.1) is 0 Å². The van der Waals surface area contributed by atoms with E-state index in [0.717, 1.165) is 37.4 Å². The number of aliphatic hydroxyl groups is 1. The van der Waals surface area contributed by atoms with Gasteiger partial charge in [-0.2, -0.15) is 0 Å². The number of hydrogen-bond donors (Lipinski definition) is 1. The number of rotatable bonds is 6. The van der Waals surface area contributed by atoms with E-state index in [1.807, 2.05) is 26.0 Å². The minimum Gasteiger partial charge on any atom is -0.493 e. The lowest BCUT2D eigenvalue weighted by Gasteiger charge is -2.23. The Labute approximate surface area is 121 Å². The van der Waals surface area contributed by atoms with Gasteiger partial charge in [0.15, 0.2) is 11.5 Å². The van der Waals surface area contributed by atoms with Crippen LogP contribution in [0.25, 0.3) is 0 Å². The van der Waals surface area contributed by atoms with Gasteiger partial charge >= 0.3 is 0 Å². The summed E-state index contributed by atoms with van der Waals surface area (Å²) < 4.78 is 11.1. The van der Waals surface area contributed by atoms with E-state index in [-0.39, 0.29) is 12.7 Å². The molecule has 20 heavy (non-hydrogen) atoms. The van der Waals surface area contributed by atoms with Crippen molar-refractivity contribution in [2.24, 2.45) is 0 Å². The Kier molecular flexibility index (Phi) is 5.26. The Morgan fingerprint density at radius 3 is 2.80 bits per heavy atom. The highest BCUT2D eigenvalue weighted by atomic mass is 16.5. The maximum Gasteiger partial charge on any atom is 0.161 e.